The number of amides is 1. The van der Waals surface area contributed by atoms with Gasteiger partial charge in [-0.05, 0) is 75.6 Å². The summed E-state index contributed by atoms with van der Waals surface area (Å²) in [6.45, 7) is 11.8. The van der Waals surface area contributed by atoms with Crippen molar-refractivity contribution in [3.63, 3.8) is 0 Å². The largest absolute Gasteiger partial charge is 0.363 e. The number of aryl methyl sites for hydroxylation is 1. The van der Waals surface area contributed by atoms with Crippen LogP contribution in [0.2, 0.25) is 5.02 Å². The van der Waals surface area contributed by atoms with Crippen molar-refractivity contribution in [3.05, 3.63) is 69.8 Å². The third-order valence-electron chi connectivity index (χ3n) is 5.17. The molecule has 28 heavy (non-hydrogen) atoms. The standard InChI is InChI=1S/C23H26ClN3O/c1-6-27-21-11-15(2)17(12-19(21)16(3)13-23(27,4)5)14-25-26-22(28)18-9-7-8-10-20(18)24/h7-14H,6H2,1-5H3,(H,26,28)/b25-14-. The first-order valence-electron chi connectivity index (χ1n) is 9.44. The first-order valence-corrected chi connectivity index (χ1v) is 9.82. The number of nitrogens with one attached hydrogen (secondary N) is 1. The molecule has 0 unspecified atom stereocenters. The smallest absolute Gasteiger partial charge is 0.272 e. The van der Waals surface area contributed by atoms with E-state index in [1.54, 1.807) is 30.5 Å². The lowest BCUT2D eigenvalue weighted by molar-refractivity contribution is 0.0955. The SMILES string of the molecule is CCN1c2cc(C)c(/C=N\NC(=O)c3ccccc3Cl)cc2C(C)=CC1(C)C. The molecule has 3 rings (SSSR count). The van der Waals surface area contributed by atoms with E-state index in [-0.39, 0.29) is 11.4 Å². The molecule has 0 radical (unpaired) electrons. The molecule has 4 nitrogen and oxygen atoms in total. The maximum atomic E-state index is 12.3. The van der Waals surface area contributed by atoms with Gasteiger partial charge in [0.15, 0.2) is 0 Å². The van der Waals surface area contributed by atoms with Crippen LogP contribution in [-0.4, -0.2) is 24.2 Å². The summed E-state index contributed by atoms with van der Waals surface area (Å²) in [4.78, 5) is 14.7. The van der Waals surface area contributed by atoms with Crippen molar-refractivity contribution in [2.45, 2.75) is 40.2 Å². The molecule has 1 aliphatic heterocycles. The number of hydrogen-bond donors (Lipinski definition) is 1. The van der Waals surface area contributed by atoms with Crippen LogP contribution in [0.1, 0.15) is 54.7 Å². The lowest BCUT2D eigenvalue weighted by Gasteiger charge is -2.43. The highest BCUT2D eigenvalue weighted by Gasteiger charge is 2.30. The number of fused-ring (bicyclic) bond motifs is 1. The summed E-state index contributed by atoms with van der Waals surface area (Å²) >= 11 is 6.06. The second kappa shape index (κ2) is 7.80. The van der Waals surface area contributed by atoms with E-state index in [0.717, 1.165) is 17.7 Å². The van der Waals surface area contributed by atoms with Gasteiger partial charge in [-0.15, -0.1) is 0 Å². The highest BCUT2D eigenvalue weighted by Crippen LogP contribution is 2.39. The number of nitrogens with zero attached hydrogens (tertiary/aromatic N) is 2. The zero-order valence-electron chi connectivity index (χ0n) is 17.0. The summed E-state index contributed by atoms with van der Waals surface area (Å²) in [5, 5.41) is 4.55. The summed E-state index contributed by atoms with van der Waals surface area (Å²) in [6.07, 6.45) is 3.99. The van der Waals surface area contributed by atoms with E-state index in [1.807, 2.05) is 0 Å². The van der Waals surface area contributed by atoms with Gasteiger partial charge in [0, 0.05) is 17.8 Å². The average Bonchev–Trinajstić information content (AvgIpc) is 2.62. The van der Waals surface area contributed by atoms with E-state index in [0.29, 0.717) is 10.6 Å². The normalized spacial score (nSPS) is 15.4. The summed E-state index contributed by atoms with van der Waals surface area (Å²) in [5.74, 6) is -0.326. The van der Waals surface area contributed by atoms with Crippen LogP contribution >= 0.6 is 11.6 Å². The van der Waals surface area contributed by atoms with Crippen LogP contribution in [0.15, 0.2) is 47.6 Å². The van der Waals surface area contributed by atoms with Crippen molar-refractivity contribution >= 4 is 35.0 Å². The van der Waals surface area contributed by atoms with Gasteiger partial charge in [0.05, 0.1) is 22.3 Å². The summed E-state index contributed by atoms with van der Waals surface area (Å²) in [6, 6.07) is 11.3. The molecule has 0 fully saturated rings. The molecule has 1 aliphatic rings. The fraction of sp³-hybridized carbons (Fsp3) is 0.304. The topological polar surface area (TPSA) is 44.7 Å². The van der Waals surface area contributed by atoms with Gasteiger partial charge in [-0.25, -0.2) is 5.43 Å². The van der Waals surface area contributed by atoms with E-state index in [1.165, 1.54) is 16.8 Å². The molecule has 2 aromatic carbocycles. The minimum atomic E-state index is -0.326. The Hall–Kier alpha value is -2.59. The number of hydrazone groups is 1. The van der Waals surface area contributed by atoms with Crippen LogP contribution in [-0.2, 0) is 0 Å². The van der Waals surface area contributed by atoms with Crippen LogP contribution in [0.25, 0.3) is 5.57 Å². The number of allylic oxidation sites excluding steroid dienone is 1. The second-order valence-corrected chi connectivity index (χ2v) is 8.04. The minimum absolute atomic E-state index is 0.0171. The van der Waals surface area contributed by atoms with Crippen LogP contribution in [0.4, 0.5) is 5.69 Å². The monoisotopic (exact) mass is 395 g/mol. The zero-order valence-corrected chi connectivity index (χ0v) is 17.8. The number of benzene rings is 2. The molecule has 1 heterocycles. The maximum absolute atomic E-state index is 12.3. The molecule has 1 amide bonds. The first-order chi connectivity index (χ1) is 13.2. The maximum Gasteiger partial charge on any atom is 0.272 e. The number of hydrogen-bond acceptors (Lipinski definition) is 3. The first kappa shape index (κ1) is 20.2. The van der Waals surface area contributed by atoms with Crippen molar-refractivity contribution < 1.29 is 4.79 Å². The number of carbonyl (C=O) groups excluding carboxylic acids is 1. The lowest BCUT2D eigenvalue weighted by atomic mass is 9.87. The second-order valence-electron chi connectivity index (χ2n) is 7.63. The Bertz CT molecular complexity index is 976. The highest BCUT2D eigenvalue weighted by atomic mass is 35.5. The van der Waals surface area contributed by atoms with E-state index in [2.05, 4.69) is 68.3 Å². The molecular weight excluding hydrogens is 370 g/mol. The average molecular weight is 396 g/mol. The molecule has 0 bridgehead atoms. The Morgan fingerprint density at radius 3 is 2.64 bits per heavy atom. The van der Waals surface area contributed by atoms with Gasteiger partial charge in [-0.3, -0.25) is 4.79 Å². The van der Waals surface area contributed by atoms with Gasteiger partial charge >= 0.3 is 0 Å². The van der Waals surface area contributed by atoms with Crippen LogP contribution in [0, 0.1) is 6.92 Å². The number of likely N-dealkylation sites (N-methyl/N-ethyl adjacent to an activating group) is 1. The van der Waals surface area contributed by atoms with E-state index >= 15 is 0 Å². The third kappa shape index (κ3) is 3.83. The molecule has 0 atom stereocenters. The minimum Gasteiger partial charge on any atom is -0.363 e. The molecule has 5 heteroatoms. The molecule has 2 aromatic rings. The molecule has 1 N–H and O–H groups in total. The fourth-order valence-electron chi connectivity index (χ4n) is 3.83. The van der Waals surface area contributed by atoms with Crippen molar-refractivity contribution in [1.29, 1.82) is 0 Å². The Morgan fingerprint density at radius 2 is 1.96 bits per heavy atom. The number of anilines is 1. The number of halogens is 1. The Balaban J connectivity index is 1.87. The molecule has 146 valence electrons. The van der Waals surface area contributed by atoms with E-state index in [4.69, 9.17) is 11.6 Å². The molecule has 0 saturated carbocycles. The number of rotatable bonds is 4. The van der Waals surface area contributed by atoms with Gasteiger partial charge in [0.1, 0.15) is 0 Å². The van der Waals surface area contributed by atoms with Crippen molar-refractivity contribution in [1.82, 2.24) is 5.43 Å². The van der Waals surface area contributed by atoms with E-state index < -0.39 is 0 Å². The van der Waals surface area contributed by atoms with Crippen molar-refractivity contribution in [2.24, 2.45) is 5.10 Å². The quantitative estimate of drug-likeness (QED) is 0.553. The summed E-state index contributed by atoms with van der Waals surface area (Å²) < 4.78 is 0. The zero-order chi connectivity index (χ0) is 20.5. The van der Waals surface area contributed by atoms with Crippen LogP contribution < -0.4 is 10.3 Å². The van der Waals surface area contributed by atoms with Crippen molar-refractivity contribution in [3.8, 4) is 0 Å². The lowest BCUT2D eigenvalue weighted by Crippen LogP contribution is -2.45. The van der Waals surface area contributed by atoms with E-state index in [9.17, 15) is 4.79 Å². The Morgan fingerprint density at radius 1 is 1.25 bits per heavy atom. The Kier molecular flexibility index (Phi) is 5.61. The Labute approximate surface area is 171 Å². The van der Waals surface area contributed by atoms with Crippen LogP contribution in [0.5, 0.6) is 0 Å². The van der Waals surface area contributed by atoms with Crippen molar-refractivity contribution in [2.75, 3.05) is 11.4 Å². The van der Waals surface area contributed by atoms with Gasteiger partial charge in [-0.2, -0.15) is 5.10 Å². The molecule has 0 aromatic heterocycles. The van der Waals surface area contributed by atoms with Gasteiger partial charge in [0.2, 0.25) is 0 Å². The molecule has 0 spiro atoms. The van der Waals surface area contributed by atoms with Gasteiger partial charge in [-0.1, -0.05) is 29.8 Å². The third-order valence-corrected chi connectivity index (χ3v) is 5.50. The predicted molar refractivity (Wildman–Crippen MR) is 118 cm³/mol. The van der Waals surface area contributed by atoms with Crippen LogP contribution in [0.3, 0.4) is 0 Å². The fourth-order valence-corrected chi connectivity index (χ4v) is 4.05. The molecule has 0 saturated heterocycles. The van der Waals surface area contributed by atoms with Gasteiger partial charge < -0.3 is 4.90 Å². The summed E-state index contributed by atoms with van der Waals surface area (Å²) in [5.41, 5.74) is 8.72. The highest BCUT2D eigenvalue weighted by molar-refractivity contribution is 6.33. The molecule has 0 aliphatic carbocycles. The predicted octanol–water partition coefficient (Wildman–Crippen LogP) is 5.43. The molecular formula is C23H26ClN3O. The number of carbonyl (C=O) groups is 1. The van der Waals surface area contributed by atoms with Gasteiger partial charge in [0.25, 0.3) is 5.91 Å². The summed E-state index contributed by atoms with van der Waals surface area (Å²) in [7, 11) is 0.